The molecule has 2 rings (SSSR count). The first-order valence-corrected chi connectivity index (χ1v) is 10.8. The van der Waals surface area contributed by atoms with Gasteiger partial charge >= 0.3 is 0 Å². The molecule has 0 aliphatic heterocycles. The molecule has 0 fully saturated rings. The van der Waals surface area contributed by atoms with E-state index in [4.69, 9.17) is 4.43 Å². The lowest BCUT2D eigenvalue weighted by atomic mass is 9.84. The average molecular weight is 291 g/mol. The molecule has 0 spiro atoms. The van der Waals surface area contributed by atoms with Crippen molar-refractivity contribution in [3.05, 3.63) is 34.9 Å². The summed E-state index contributed by atoms with van der Waals surface area (Å²) < 4.78 is 6.41. The molecule has 0 saturated carbocycles. The molecule has 0 N–H and O–H groups in total. The number of hydrogen-bond acceptors (Lipinski definition) is 1. The van der Waals surface area contributed by atoms with Crippen LogP contribution in [0.25, 0.3) is 0 Å². The SMILES string of the molecule is Cc1ccc2c(c1)CCC(CO[Si](C)(C)C(C)(C)C)C2. The molecular formula is C18H30OSi. The molecule has 1 aliphatic rings. The molecule has 0 bridgehead atoms. The normalized spacial score (nSPS) is 19.8. The number of rotatable bonds is 3. The van der Waals surface area contributed by atoms with Gasteiger partial charge in [0, 0.05) is 6.61 Å². The Bertz CT molecular complexity index is 471. The van der Waals surface area contributed by atoms with Crippen molar-refractivity contribution in [2.24, 2.45) is 5.92 Å². The molecule has 0 heterocycles. The van der Waals surface area contributed by atoms with Crippen molar-refractivity contribution in [1.29, 1.82) is 0 Å². The summed E-state index contributed by atoms with van der Waals surface area (Å²) in [5, 5.41) is 0.316. The standard InChI is InChI=1S/C18H30OSi/c1-14-7-9-17-12-15(8-10-16(17)11-14)13-19-20(5,6)18(2,3)4/h7,9,11,15H,8,10,12-13H2,1-6H3. The van der Waals surface area contributed by atoms with Crippen molar-refractivity contribution in [2.45, 2.75) is 65.1 Å². The zero-order valence-electron chi connectivity index (χ0n) is 14.0. The fourth-order valence-corrected chi connectivity index (χ4v) is 3.73. The Morgan fingerprint density at radius 3 is 2.55 bits per heavy atom. The van der Waals surface area contributed by atoms with E-state index in [1.807, 2.05) is 0 Å². The van der Waals surface area contributed by atoms with Crippen LogP contribution >= 0.6 is 0 Å². The third-order valence-electron chi connectivity index (χ3n) is 5.18. The Balaban J connectivity index is 1.96. The lowest BCUT2D eigenvalue weighted by Gasteiger charge is -2.38. The van der Waals surface area contributed by atoms with Crippen LogP contribution in [0.2, 0.25) is 18.1 Å². The largest absolute Gasteiger partial charge is 0.417 e. The number of benzene rings is 1. The first kappa shape index (κ1) is 15.8. The minimum atomic E-state index is -1.59. The van der Waals surface area contributed by atoms with Crippen molar-refractivity contribution in [3.63, 3.8) is 0 Å². The van der Waals surface area contributed by atoms with Crippen LogP contribution in [0.1, 0.15) is 43.9 Å². The summed E-state index contributed by atoms with van der Waals surface area (Å²) in [6.45, 7) is 14.8. The summed E-state index contributed by atoms with van der Waals surface area (Å²) in [7, 11) is -1.59. The molecule has 0 aromatic heterocycles. The van der Waals surface area contributed by atoms with Gasteiger partial charge in [-0.15, -0.1) is 0 Å². The minimum Gasteiger partial charge on any atom is -0.417 e. The van der Waals surface area contributed by atoms with E-state index in [0.29, 0.717) is 11.0 Å². The first-order chi connectivity index (χ1) is 9.19. The van der Waals surface area contributed by atoms with Gasteiger partial charge in [0.25, 0.3) is 0 Å². The highest BCUT2D eigenvalue weighted by Crippen LogP contribution is 2.37. The molecule has 112 valence electrons. The highest BCUT2D eigenvalue weighted by molar-refractivity contribution is 6.74. The van der Waals surface area contributed by atoms with Crippen LogP contribution in [0.15, 0.2) is 18.2 Å². The third kappa shape index (κ3) is 3.53. The molecule has 1 atom stereocenters. The van der Waals surface area contributed by atoms with Gasteiger partial charge in [-0.25, -0.2) is 0 Å². The molecular weight excluding hydrogens is 260 g/mol. The van der Waals surface area contributed by atoms with Crippen molar-refractivity contribution in [2.75, 3.05) is 6.61 Å². The lowest BCUT2D eigenvalue weighted by Crippen LogP contribution is -2.42. The van der Waals surface area contributed by atoms with Gasteiger partial charge < -0.3 is 4.43 Å². The molecule has 1 aromatic carbocycles. The van der Waals surface area contributed by atoms with E-state index >= 15 is 0 Å². The number of fused-ring (bicyclic) bond motifs is 1. The molecule has 20 heavy (non-hydrogen) atoms. The fourth-order valence-electron chi connectivity index (χ4n) is 2.64. The second-order valence-electron chi connectivity index (χ2n) is 7.95. The van der Waals surface area contributed by atoms with Gasteiger partial charge in [-0.1, -0.05) is 44.5 Å². The second-order valence-corrected chi connectivity index (χ2v) is 12.8. The topological polar surface area (TPSA) is 9.23 Å². The smallest absolute Gasteiger partial charge is 0.191 e. The summed E-state index contributed by atoms with van der Waals surface area (Å²) in [5.41, 5.74) is 4.50. The van der Waals surface area contributed by atoms with Crippen LogP contribution in [0.4, 0.5) is 0 Å². The van der Waals surface area contributed by atoms with Crippen molar-refractivity contribution in [1.82, 2.24) is 0 Å². The molecule has 1 nitrogen and oxygen atoms in total. The molecule has 0 saturated heterocycles. The first-order valence-electron chi connectivity index (χ1n) is 7.91. The summed E-state index contributed by atoms with van der Waals surface area (Å²) >= 11 is 0. The highest BCUT2D eigenvalue weighted by atomic mass is 28.4. The zero-order chi connectivity index (χ0) is 15.0. The quantitative estimate of drug-likeness (QED) is 0.702. The van der Waals surface area contributed by atoms with Crippen molar-refractivity contribution >= 4 is 8.32 Å². The Hall–Kier alpha value is -0.603. The fraction of sp³-hybridized carbons (Fsp3) is 0.667. The van der Waals surface area contributed by atoms with E-state index in [-0.39, 0.29) is 0 Å². The Kier molecular flexibility index (Phi) is 4.46. The van der Waals surface area contributed by atoms with E-state index in [1.54, 1.807) is 11.1 Å². The second kappa shape index (κ2) is 5.65. The average Bonchev–Trinajstić information content (AvgIpc) is 2.35. The van der Waals surface area contributed by atoms with Crippen LogP contribution in [0, 0.1) is 12.8 Å². The highest BCUT2D eigenvalue weighted by Gasteiger charge is 2.37. The van der Waals surface area contributed by atoms with Gasteiger partial charge in [0.05, 0.1) is 0 Å². The van der Waals surface area contributed by atoms with Crippen LogP contribution < -0.4 is 0 Å². The van der Waals surface area contributed by atoms with Gasteiger partial charge in [-0.3, -0.25) is 0 Å². The van der Waals surface area contributed by atoms with Crippen LogP contribution in [0.3, 0.4) is 0 Å². The molecule has 1 unspecified atom stereocenters. The van der Waals surface area contributed by atoms with Gasteiger partial charge in [-0.05, 0) is 61.4 Å². The van der Waals surface area contributed by atoms with Crippen LogP contribution in [-0.2, 0) is 17.3 Å². The summed E-state index contributed by atoms with van der Waals surface area (Å²) in [6, 6.07) is 6.93. The summed E-state index contributed by atoms with van der Waals surface area (Å²) in [5.74, 6) is 0.708. The van der Waals surface area contributed by atoms with Gasteiger partial charge in [0.2, 0.25) is 0 Å². The third-order valence-corrected chi connectivity index (χ3v) is 9.68. The molecule has 0 amide bonds. The van der Waals surface area contributed by atoms with E-state index in [2.05, 4.69) is 59.0 Å². The zero-order valence-corrected chi connectivity index (χ0v) is 15.0. The Morgan fingerprint density at radius 2 is 1.90 bits per heavy atom. The van der Waals surface area contributed by atoms with Crippen molar-refractivity contribution < 1.29 is 4.43 Å². The summed E-state index contributed by atoms with van der Waals surface area (Å²) in [4.78, 5) is 0. The van der Waals surface area contributed by atoms with E-state index in [0.717, 1.165) is 6.61 Å². The maximum absolute atomic E-state index is 6.41. The number of hydrogen-bond donors (Lipinski definition) is 0. The van der Waals surface area contributed by atoms with Crippen LogP contribution in [-0.4, -0.2) is 14.9 Å². The van der Waals surface area contributed by atoms with Crippen LogP contribution in [0.5, 0.6) is 0 Å². The van der Waals surface area contributed by atoms with Gasteiger partial charge in [-0.2, -0.15) is 0 Å². The minimum absolute atomic E-state index is 0.316. The van der Waals surface area contributed by atoms with E-state index < -0.39 is 8.32 Å². The van der Waals surface area contributed by atoms with Crippen molar-refractivity contribution in [3.8, 4) is 0 Å². The van der Waals surface area contributed by atoms with Gasteiger partial charge in [0.15, 0.2) is 8.32 Å². The summed E-state index contributed by atoms with van der Waals surface area (Å²) in [6.07, 6.45) is 3.71. The monoisotopic (exact) mass is 290 g/mol. The molecule has 1 aromatic rings. The maximum atomic E-state index is 6.41. The lowest BCUT2D eigenvalue weighted by molar-refractivity contribution is 0.215. The van der Waals surface area contributed by atoms with E-state index in [1.165, 1.54) is 24.8 Å². The molecule has 1 aliphatic carbocycles. The van der Waals surface area contributed by atoms with E-state index in [9.17, 15) is 0 Å². The number of aryl methyl sites for hydroxylation is 2. The molecule has 2 heteroatoms. The Morgan fingerprint density at radius 1 is 1.20 bits per heavy atom. The van der Waals surface area contributed by atoms with Gasteiger partial charge in [0.1, 0.15) is 0 Å². The predicted molar refractivity (Wildman–Crippen MR) is 89.8 cm³/mol. The predicted octanol–water partition coefficient (Wildman–Crippen LogP) is 5.12. The molecule has 0 radical (unpaired) electrons. The Labute approximate surface area is 125 Å². The maximum Gasteiger partial charge on any atom is 0.191 e.